The Kier molecular flexibility index (Phi) is 6.67. The van der Waals surface area contributed by atoms with Crippen molar-refractivity contribution in [1.82, 2.24) is 10.2 Å². The lowest BCUT2D eigenvalue weighted by atomic mass is 10.2. The highest BCUT2D eigenvalue weighted by Gasteiger charge is 2.11. The van der Waals surface area contributed by atoms with Gasteiger partial charge in [-0.3, -0.25) is 10.1 Å². The highest BCUT2D eigenvalue weighted by Crippen LogP contribution is 2.29. The Labute approximate surface area is 165 Å². The Morgan fingerprint density at radius 2 is 1.85 bits per heavy atom. The van der Waals surface area contributed by atoms with Gasteiger partial charge in [0.05, 0.1) is 7.11 Å². The SMILES string of the molecule is COc1ccccc1OCC(=O)Nc1nnc(SCc2ccc(C)cc2)s1. The second kappa shape index (κ2) is 9.38. The van der Waals surface area contributed by atoms with Gasteiger partial charge in [0.2, 0.25) is 5.13 Å². The molecule has 1 amide bonds. The number of amides is 1. The number of thioether (sulfide) groups is 1. The molecule has 3 aromatic rings. The molecule has 0 aliphatic carbocycles. The number of carbonyl (C=O) groups is 1. The quantitative estimate of drug-likeness (QED) is 0.451. The van der Waals surface area contributed by atoms with E-state index in [-0.39, 0.29) is 12.5 Å². The van der Waals surface area contributed by atoms with Crippen molar-refractivity contribution in [3.63, 3.8) is 0 Å². The lowest BCUT2D eigenvalue weighted by Crippen LogP contribution is -2.20. The Bertz CT molecular complexity index is 897. The number of ether oxygens (including phenoxy) is 2. The van der Waals surface area contributed by atoms with E-state index >= 15 is 0 Å². The van der Waals surface area contributed by atoms with Crippen LogP contribution in [0, 0.1) is 6.92 Å². The van der Waals surface area contributed by atoms with E-state index in [2.05, 4.69) is 46.7 Å². The minimum absolute atomic E-state index is 0.133. The molecule has 0 saturated carbocycles. The molecule has 0 fully saturated rings. The molecule has 1 heterocycles. The normalized spacial score (nSPS) is 10.4. The van der Waals surface area contributed by atoms with E-state index < -0.39 is 0 Å². The van der Waals surface area contributed by atoms with Crippen molar-refractivity contribution in [2.75, 3.05) is 19.0 Å². The number of rotatable bonds is 8. The van der Waals surface area contributed by atoms with Crippen molar-refractivity contribution in [2.24, 2.45) is 0 Å². The van der Waals surface area contributed by atoms with Gasteiger partial charge < -0.3 is 9.47 Å². The number of hydrogen-bond donors (Lipinski definition) is 1. The van der Waals surface area contributed by atoms with Gasteiger partial charge in [-0.25, -0.2) is 0 Å². The van der Waals surface area contributed by atoms with Crippen molar-refractivity contribution in [3.8, 4) is 11.5 Å². The van der Waals surface area contributed by atoms with E-state index in [0.717, 1.165) is 10.1 Å². The van der Waals surface area contributed by atoms with Crippen LogP contribution < -0.4 is 14.8 Å². The number of nitrogens with zero attached hydrogens (tertiary/aromatic N) is 2. The number of carbonyl (C=O) groups excluding carboxylic acids is 1. The van der Waals surface area contributed by atoms with E-state index in [4.69, 9.17) is 9.47 Å². The average molecular weight is 402 g/mol. The number of hydrogen-bond acceptors (Lipinski definition) is 7. The topological polar surface area (TPSA) is 73.3 Å². The van der Waals surface area contributed by atoms with E-state index in [9.17, 15) is 4.79 Å². The summed E-state index contributed by atoms with van der Waals surface area (Å²) in [5.74, 6) is 1.60. The van der Waals surface area contributed by atoms with Gasteiger partial charge in [-0.15, -0.1) is 10.2 Å². The fourth-order valence-electron chi connectivity index (χ4n) is 2.18. The van der Waals surface area contributed by atoms with Gasteiger partial charge in [-0.1, -0.05) is 65.1 Å². The lowest BCUT2D eigenvalue weighted by molar-refractivity contribution is -0.118. The second-order valence-electron chi connectivity index (χ2n) is 5.64. The maximum atomic E-state index is 12.1. The lowest BCUT2D eigenvalue weighted by Gasteiger charge is -2.09. The molecule has 0 aliphatic heterocycles. The molecule has 0 spiro atoms. The Balaban J connectivity index is 1.48. The van der Waals surface area contributed by atoms with Gasteiger partial charge in [0.1, 0.15) is 0 Å². The largest absolute Gasteiger partial charge is 0.493 e. The molecular formula is C19H19N3O3S2. The van der Waals surface area contributed by atoms with Crippen molar-refractivity contribution in [3.05, 3.63) is 59.7 Å². The molecule has 1 N–H and O–H groups in total. The fraction of sp³-hybridized carbons (Fsp3) is 0.211. The predicted octanol–water partition coefficient (Wildman–Crippen LogP) is 4.16. The Hall–Kier alpha value is -2.58. The first-order valence-electron chi connectivity index (χ1n) is 8.21. The fourth-order valence-corrected chi connectivity index (χ4v) is 3.91. The summed E-state index contributed by atoms with van der Waals surface area (Å²) in [5.41, 5.74) is 2.46. The summed E-state index contributed by atoms with van der Waals surface area (Å²) in [6, 6.07) is 15.5. The smallest absolute Gasteiger partial charge is 0.264 e. The average Bonchev–Trinajstić information content (AvgIpc) is 3.13. The standard InChI is InChI=1S/C19H19N3O3S2/c1-13-7-9-14(10-8-13)12-26-19-22-21-18(27-19)20-17(23)11-25-16-6-4-3-5-15(16)24-2/h3-10H,11-12H2,1-2H3,(H,20,21,23). The molecule has 0 aliphatic rings. The molecule has 140 valence electrons. The molecule has 0 radical (unpaired) electrons. The summed E-state index contributed by atoms with van der Waals surface area (Å²) in [7, 11) is 1.55. The van der Waals surface area contributed by atoms with E-state index in [1.807, 2.05) is 12.1 Å². The third-order valence-electron chi connectivity index (χ3n) is 3.56. The highest BCUT2D eigenvalue weighted by molar-refractivity contribution is 8.00. The molecule has 0 bridgehead atoms. The number of aryl methyl sites for hydroxylation is 1. The van der Waals surface area contributed by atoms with Crippen LogP contribution in [0.5, 0.6) is 11.5 Å². The number of methoxy groups -OCH3 is 1. The molecule has 1 aromatic heterocycles. The van der Waals surface area contributed by atoms with Gasteiger partial charge in [0, 0.05) is 5.75 Å². The zero-order valence-corrected chi connectivity index (χ0v) is 16.6. The number of para-hydroxylation sites is 2. The second-order valence-corrected chi connectivity index (χ2v) is 7.84. The van der Waals surface area contributed by atoms with Gasteiger partial charge >= 0.3 is 0 Å². The zero-order valence-electron chi connectivity index (χ0n) is 15.0. The summed E-state index contributed by atoms with van der Waals surface area (Å²) in [6.45, 7) is 1.93. The minimum atomic E-state index is -0.299. The van der Waals surface area contributed by atoms with Gasteiger partial charge in [-0.2, -0.15) is 0 Å². The van der Waals surface area contributed by atoms with Crippen LogP contribution in [0.3, 0.4) is 0 Å². The van der Waals surface area contributed by atoms with Crippen LogP contribution in [-0.2, 0) is 10.5 Å². The van der Waals surface area contributed by atoms with Crippen LogP contribution in [-0.4, -0.2) is 29.8 Å². The summed E-state index contributed by atoms with van der Waals surface area (Å²) >= 11 is 2.93. The Morgan fingerprint density at radius 3 is 2.59 bits per heavy atom. The van der Waals surface area contributed by atoms with Crippen molar-refractivity contribution in [2.45, 2.75) is 17.0 Å². The first-order chi connectivity index (χ1) is 13.1. The molecule has 6 nitrogen and oxygen atoms in total. The molecular weight excluding hydrogens is 382 g/mol. The third kappa shape index (κ3) is 5.70. The minimum Gasteiger partial charge on any atom is -0.493 e. The van der Waals surface area contributed by atoms with Crippen LogP contribution in [0.2, 0.25) is 0 Å². The van der Waals surface area contributed by atoms with Gasteiger partial charge in [0.25, 0.3) is 5.91 Å². The third-order valence-corrected chi connectivity index (χ3v) is 5.61. The first kappa shape index (κ1) is 19.2. The number of aromatic nitrogens is 2. The molecule has 0 saturated heterocycles. The van der Waals surface area contributed by atoms with Crippen LogP contribution >= 0.6 is 23.1 Å². The Morgan fingerprint density at radius 1 is 1.11 bits per heavy atom. The molecule has 0 unspecified atom stereocenters. The maximum absolute atomic E-state index is 12.1. The number of benzene rings is 2. The van der Waals surface area contributed by atoms with Crippen LogP contribution in [0.15, 0.2) is 52.9 Å². The predicted molar refractivity (Wildman–Crippen MR) is 108 cm³/mol. The molecule has 8 heteroatoms. The van der Waals surface area contributed by atoms with Crippen molar-refractivity contribution in [1.29, 1.82) is 0 Å². The molecule has 2 aromatic carbocycles. The molecule has 3 rings (SSSR count). The van der Waals surface area contributed by atoms with Crippen LogP contribution in [0.4, 0.5) is 5.13 Å². The van der Waals surface area contributed by atoms with E-state index in [1.54, 1.807) is 31.0 Å². The molecule has 0 atom stereocenters. The summed E-state index contributed by atoms with van der Waals surface area (Å²) < 4.78 is 11.5. The first-order valence-corrected chi connectivity index (χ1v) is 10.0. The number of anilines is 1. The summed E-state index contributed by atoms with van der Waals surface area (Å²) in [4.78, 5) is 12.1. The van der Waals surface area contributed by atoms with E-state index in [0.29, 0.717) is 16.6 Å². The molecule has 27 heavy (non-hydrogen) atoms. The van der Waals surface area contributed by atoms with Crippen molar-refractivity contribution < 1.29 is 14.3 Å². The summed E-state index contributed by atoms with van der Waals surface area (Å²) in [6.07, 6.45) is 0. The van der Waals surface area contributed by atoms with Crippen molar-refractivity contribution >= 4 is 34.1 Å². The van der Waals surface area contributed by atoms with E-state index in [1.165, 1.54) is 22.5 Å². The summed E-state index contributed by atoms with van der Waals surface area (Å²) in [5, 5.41) is 11.3. The van der Waals surface area contributed by atoms with Gasteiger partial charge in [-0.05, 0) is 24.6 Å². The number of nitrogens with one attached hydrogen (secondary N) is 1. The van der Waals surface area contributed by atoms with Crippen LogP contribution in [0.1, 0.15) is 11.1 Å². The highest BCUT2D eigenvalue weighted by atomic mass is 32.2. The monoisotopic (exact) mass is 401 g/mol. The zero-order chi connectivity index (χ0) is 19.1. The van der Waals surface area contributed by atoms with Gasteiger partial charge in [0.15, 0.2) is 22.4 Å². The van der Waals surface area contributed by atoms with Crippen LogP contribution in [0.25, 0.3) is 0 Å². The maximum Gasteiger partial charge on any atom is 0.264 e.